The van der Waals surface area contributed by atoms with Crippen molar-refractivity contribution in [3.63, 3.8) is 0 Å². The smallest absolute Gasteiger partial charge is 0.123 e. The van der Waals surface area contributed by atoms with Crippen molar-refractivity contribution < 1.29 is 9.50 Å². The second-order valence-corrected chi connectivity index (χ2v) is 7.01. The van der Waals surface area contributed by atoms with Gasteiger partial charge in [-0.25, -0.2) is 4.39 Å². The van der Waals surface area contributed by atoms with Crippen molar-refractivity contribution in [1.29, 1.82) is 0 Å². The Kier molecular flexibility index (Phi) is 5.32. The second kappa shape index (κ2) is 7.45. The number of hydrogen-bond acceptors (Lipinski definition) is 2. The van der Waals surface area contributed by atoms with Gasteiger partial charge in [0.25, 0.3) is 0 Å². The van der Waals surface area contributed by atoms with E-state index in [1.54, 1.807) is 0 Å². The van der Waals surface area contributed by atoms with Gasteiger partial charge in [-0.1, -0.05) is 42.5 Å². The number of benzene rings is 2. The van der Waals surface area contributed by atoms with E-state index in [9.17, 15) is 9.50 Å². The van der Waals surface area contributed by atoms with Crippen LogP contribution in [0.1, 0.15) is 30.9 Å². The van der Waals surface area contributed by atoms with E-state index in [1.807, 2.05) is 49.4 Å². The van der Waals surface area contributed by atoms with Crippen molar-refractivity contribution in [2.75, 3.05) is 19.6 Å². The lowest BCUT2D eigenvalue weighted by Crippen LogP contribution is -2.42. The van der Waals surface area contributed by atoms with Crippen LogP contribution < -0.4 is 0 Å². The van der Waals surface area contributed by atoms with Gasteiger partial charge in [-0.15, -0.1) is 0 Å². The van der Waals surface area contributed by atoms with Gasteiger partial charge in [0.1, 0.15) is 5.82 Å². The monoisotopic (exact) mass is 327 g/mol. The van der Waals surface area contributed by atoms with Gasteiger partial charge in [-0.2, -0.15) is 0 Å². The normalized spacial score (nSPS) is 19.1. The molecule has 2 aromatic rings. The summed E-state index contributed by atoms with van der Waals surface area (Å²) in [6.45, 7) is 4.96. The molecular formula is C21H26FNO. The molecular weight excluding hydrogens is 301 g/mol. The fourth-order valence-electron chi connectivity index (χ4n) is 3.67. The number of likely N-dealkylation sites (tertiary alicyclic amines) is 1. The zero-order chi connectivity index (χ0) is 17.0. The third-order valence-corrected chi connectivity index (χ3v) is 5.37. The third-order valence-electron chi connectivity index (χ3n) is 5.37. The molecule has 1 aliphatic heterocycles. The van der Waals surface area contributed by atoms with Gasteiger partial charge in [0.2, 0.25) is 0 Å². The zero-order valence-electron chi connectivity index (χ0n) is 14.3. The van der Waals surface area contributed by atoms with E-state index in [0.29, 0.717) is 5.92 Å². The van der Waals surface area contributed by atoms with Gasteiger partial charge in [0.05, 0.1) is 5.60 Å². The summed E-state index contributed by atoms with van der Waals surface area (Å²) in [6.07, 6.45) is 2.96. The summed E-state index contributed by atoms with van der Waals surface area (Å²) in [5.41, 5.74) is 1.43. The van der Waals surface area contributed by atoms with Crippen LogP contribution in [-0.2, 0) is 12.0 Å². The quantitative estimate of drug-likeness (QED) is 0.897. The highest BCUT2D eigenvalue weighted by Crippen LogP contribution is 2.36. The molecule has 3 rings (SSSR count). The Morgan fingerprint density at radius 2 is 1.67 bits per heavy atom. The van der Waals surface area contributed by atoms with Gasteiger partial charge in [0, 0.05) is 6.54 Å². The number of halogens is 1. The van der Waals surface area contributed by atoms with Gasteiger partial charge in [-0.3, -0.25) is 0 Å². The van der Waals surface area contributed by atoms with Crippen LogP contribution in [-0.4, -0.2) is 29.6 Å². The molecule has 3 heteroatoms. The van der Waals surface area contributed by atoms with Gasteiger partial charge >= 0.3 is 0 Å². The van der Waals surface area contributed by atoms with Crippen molar-refractivity contribution >= 4 is 0 Å². The first-order valence-electron chi connectivity index (χ1n) is 8.80. The Hall–Kier alpha value is -1.71. The first kappa shape index (κ1) is 17.1. The molecule has 1 atom stereocenters. The molecule has 128 valence electrons. The number of hydrogen-bond donors (Lipinski definition) is 1. The van der Waals surface area contributed by atoms with E-state index in [4.69, 9.17) is 0 Å². The molecule has 2 nitrogen and oxygen atoms in total. The number of piperidine rings is 1. The first-order chi connectivity index (χ1) is 11.6. The van der Waals surface area contributed by atoms with Crippen molar-refractivity contribution in [3.8, 4) is 0 Å². The Morgan fingerprint density at radius 1 is 1.04 bits per heavy atom. The molecule has 0 amide bonds. The molecule has 24 heavy (non-hydrogen) atoms. The topological polar surface area (TPSA) is 23.5 Å². The highest BCUT2D eigenvalue weighted by molar-refractivity contribution is 5.22. The molecule has 1 heterocycles. The van der Waals surface area contributed by atoms with Gasteiger partial charge < -0.3 is 10.0 Å². The van der Waals surface area contributed by atoms with Crippen molar-refractivity contribution in [3.05, 3.63) is 71.5 Å². The molecule has 0 spiro atoms. The average molecular weight is 327 g/mol. The van der Waals surface area contributed by atoms with Crippen LogP contribution in [0.5, 0.6) is 0 Å². The number of nitrogens with zero attached hydrogens (tertiary/aromatic N) is 1. The second-order valence-electron chi connectivity index (χ2n) is 7.01. The molecule has 1 unspecified atom stereocenters. The Morgan fingerprint density at radius 3 is 2.29 bits per heavy atom. The van der Waals surface area contributed by atoms with E-state index in [-0.39, 0.29) is 5.82 Å². The maximum Gasteiger partial charge on any atom is 0.123 e. The molecule has 1 saturated heterocycles. The molecule has 0 bridgehead atoms. The molecule has 2 aromatic carbocycles. The van der Waals surface area contributed by atoms with Crippen molar-refractivity contribution in [1.82, 2.24) is 4.90 Å². The fraction of sp³-hybridized carbons (Fsp3) is 0.429. The van der Waals surface area contributed by atoms with E-state index >= 15 is 0 Å². The lowest BCUT2D eigenvalue weighted by atomic mass is 9.77. The van der Waals surface area contributed by atoms with Crippen molar-refractivity contribution in [2.24, 2.45) is 5.92 Å². The minimum Gasteiger partial charge on any atom is -0.385 e. The molecule has 0 aromatic heterocycles. The molecule has 1 N–H and O–H groups in total. The van der Waals surface area contributed by atoms with Crippen LogP contribution >= 0.6 is 0 Å². The van der Waals surface area contributed by atoms with Crippen LogP contribution in [0, 0.1) is 11.7 Å². The van der Waals surface area contributed by atoms with Crippen LogP contribution in [0.25, 0.3) is 0 Å². The lowest BCUT2D eigenvalue weighted by molar-refractivity contribution is -0.0328. The number of rotatable bonds is 5. The Bertz CT molecular complexity index is 631. The summed E-state index contributed by atoms with van der Waals surface area (Å²) >= 11 is 0. The Labute approximate surface area is 143 Å². The van der Waals surface area contributed by atoms with Crippen LogP contribution in [0.2, 0.25) is 0 Å². The van der Waals surface area contributed by atoms with E-state index in [2.05, 4.69) is 4.90 Å². The minimum atomic E-state index is -0.760. The maximum atomic E-state index is 12.9. The lowest BCUT2D eigenvalue weighted by Gasteiger charge is -2.40. The highest BCUT2D eigenvalue weighted by atomic mass is 19.1. The molecule has 0 aliphatic carbocycles. The van der Waals surface area contributed by atoms with Gasteiger partial charge in [-0.05, 0) is 68.5 Å². The molecule has 0 saturated carbocycles. The van der Waals surface area contributed by atoms with Gasteiger partial charge in [0.15, 0.2) is 0 Å². The largest absolute Gasteiger partial charge is 0.385 e. The fourth-order valence-corrected chi connectivity index (χ4v) is 3.67. The molecule has 1 aliphatic rings. The van der Waals surface area contributed by atoms with Crippen LogP contribution in [0.4, 0.5) is 4.39 Å². The summed E-state index contributed by atoms with van der Waals surface area (Å²) in [5.74, 6) is 0.115. The SMILES string of the molecule is CC(O)(c1ccccc1)C1CCN(CCc2ccc(F)cc2)CC1. The van der Waals surface area contributed by atoms with E-state index < -0.39 is 5.60 Å². The highest BCUT2D eigenvalue weighted by Gasteiger charge is 2.35. The summed E-state index contributed by atoms with van der Waals surface area (Å²) in [5, 5.41) is 11.0. The Balaban J connectivity index is 1.51. The molecule has 1 fully saturated rings. The summed E-state index contributed by atoms with van der Waals surface area (Å²) in [6, 6.07) is 16.8. The minimum absolute atomic E-state index is 0.178. The summed E-state index contributed by atoms with van der Waals surface area (Å²) < 4.78 is 12.9. The predicted molar refractivity (Wildman–Crippen MR) is 95.3 cm³/mol. The van der Waals surface area contributed by atoms with Crippen LogP contribution in [0.15, 0.2) is 54.6 Å². The molecule has 0 radical (unpaired) electrons. The third kappa shape index (κ3) is 4.03. The standard InChI is InChI=1S/C21H26FNO/c1-21(24,18-5-3-2-4-6-18)19-12-15-23(16-13-19)14-11-17-7-9-20(22)10-8-17/h2-10,19,24H,11-16H2,1H3. The van der Waals surface area contributed by atoms with E-state index in [1.165, 1.54) is 17.7 Å². The zero-order valence-corrected chi connectivity index (χ0v) is 14.3. The summed E-state index contributed by atoms with van der Waals surface area (Å²) in [7, 11) is 0. The maximum absolute atomic E-state index is 12.9. The number of aliphatic hydroxyl groups is 1. The first-order valence-corrected chi connectivity index (χ1v) is 8.80. The predicted octanol–water partition coefficient (Wildman–Crippen LogP) is 3.99. The average Bonchev–Trinajstić information content (AvgIpc) is 2.62. The van der Waals surface area contributed by atoms with Crippen molar-refractivity contribution in [2.45, 2.75) is 31.8 Å². The summed E-state index contributed by atoms with van der Waals surface area (Å²) in [4.78, 5) is 2.45. The van der Waals surface area contributed by atoms with E-state index in [0.717, 1.165) is 44.5 Å². The van der Waals surface area contributed by atoms with Crippen LogP contribution in [0.3, 0.4) is 0 Å².